The van der Waals surface area contributed by atoms with Crippen molar-refractivity contribution in [2.24, 2.45) is 52.3 Å². The standard InChI is InChI=1S/C36H68O5Si3/c1-23-16-19-36(37-22-23)24(2)31-29(38-36)20-28-25-14-15-27-32(40-43(8,9)10)33(41-44(11,12)13)30(39-42(5,6)7)21-35(27,4)26(25)17-18-34(28,31)3/h23-33H,14-22H2,1-13H3/t23-,24+,25-,26+,27-,28+,29+,30+,31+,32-,33-,34+,35-,36-/m1/s1. The van der Waals surface area contributed by atoms with Gasteiger partial charge in [-0.25, -0.2) is 0 Å². The molecule has 1 spiro atoms. The van der Waals surface area contributed by atoms with Gasteiger partial charge in [-0.05, 0) is 150 Å². The lowest BCUT2D eigenvalue weighted by Crippen LogP contribution is -2.66. The first-order chi connectivity index (χ1) is 20.2. The van der Waals surface area contributed by atoms with Gasteiger partial charge in [0.05, 0.1) is 31.0 Å². The van der Waals surface area contributed by atoms with E-state index in [4.69, 9.17) is 22.8 Å². The molecule has 8 heteroatoms. The maximum Gasteiger partial charge on any atom is 0.184 e. The molecule has 4 saturated carbocycles. The average Bonchev–Trinajstić information content (AvgIpc) is 3.31. The summed E-state index contributed by atoms with van der Waals surface area (Å²) in [6.45, 7) is 32.2. The Morgan fingerprint density at radius 1 is 0.659 bits per heavy atom. The molecule has 0 aromatic rings. The quantitative estimate of drug-likeness (QED) is 0.265. The van der Waals surface area contributed by atoms with Crippen molar-refractivity contribution in [1.29, 1.82) is 0 Å². The minimum Gasteiger partial charge on any atom is -0.412 e. The number of fused-ring (bicyclic) bond motifs is 7. The fourth-order valence-corrected chi connectivity index (χ4v) is 15.3. The first-order valence-corrected chi connectivity index (χ1v) is 28.7. The number of hydrogen-bond acceptors (Lipinski definition) is 5. The third-order valence-corrected chi connectivity index (χ3v) is 16.4. The van der Waals surface area contributed by atoms with Gasteiger partial charge in [0, 0.05) is 12.3 Å². The fraction of sp³-hybridized carbons (Fsp3) is 1.00. The van der Waals surface area contributed by atoms with Crippen LogP contribution in [0.25, 0.3) is 0 Å². The lowest BCUT2D eigenvalue weighted by molar-refractivity contribution is -0.273. The molecule has 0 aromatic heterocycles. The molecule has 2 saturated heterocycles. The van der Waals surface area contributed by atoms with E-state index < -0.39 is 25.0 Å². The first kappa shape index (κ1) is 34.3. The van der Waals surface area contributed by atoms with Gasteiger partial charge in [-0.15, -0.1) is 0 Å². The van der Waals surface area contributed by atoms with Gasteiger partial charge in [-0.3, -0.25) is 0 Å². The molecule has 0 bridgehead atoms. The molecule has 2 heterocycles. The molecule has 44 heavy (non-hydrogen) atoms. The number of rotatable bonds is 6. The van der Waals surface area contributed by atoms with Crippen LogP contribution in [-0.2, 0) is 22.8 Å². The molecule has 0 radical (unpaired) electrons. The molecular formula is C36H68O5Si3. The van der Waals surface area contributed by atoms with E-state index >= 15 is 0 Å². The van der Waals surface area contributed by atoms with Crippen molar-refractivity contribution < 1.29 is 22.8 Å². The largest absolute Gasteiger partial charge is 0.412 e. The number of ether oxygens (including phenoxy) is 2. The maximum atomic E-state index is 7.29. The molecule has 254 valence electrons. The van der Waals surface area contributed by atoms with E-state index in [1.807, 2.05) is 0 Å². The van der Waals surface area contributed by atoms with Gasteiger partial charge in [0.25, 0.3) is 0 Å². The van der Waals surface area contributed by atoms with Crippen molar-refractivity contribution in [2.75, 3.05) is 6.61 Å². The lowest BCUT2D eigenvalue weighted by atomic mass is 9.43. The SMILES string of the molecule is C[C@@H]1CC[C@@]2(OC1)O[C@H]1C[C@H]3[C@@H]4CC[C@@H]5[C@@H](O[Si](C)(C)C)[C@H](O[Si](C)(C)C)[C@@H](O[Si](C)(C)C)C[C@]5(C)[C@H]4CC[C@]3(C)[C@H]1[C@@H]2C. The fourth-order valence-electron chi connectivity index (χ4n) is 12.0. The van der Waals surface area contributed by atoms with Gasteiger partial charge in [0.1, 0.15) is 0 Å². The summed E-state index contributed by atoms with van der Waals surface area (Å²) in [5, 5.41) is 0. The molecule has 0 aromatic carbocycles. The summed E-state index contributed by atoms with van der Waals surface area (Å²) in [5.74, 6) is 4.22. The van der Waals surface area contributed by atoms with E-state index in [0.717, 1.165) is 37.2 Å². The van der Waals surface area contributed by atoms with Crippen molar-refractivity contribution in [1.82, 2.24) is 0 Å². The van der Waals surface area contributed by atoms with Crippen LogP contribution < -0.4 is 0 Å². The molecule has 14 atom stereocenters. The molecule has 6 fully saturated rings. The summed E-state index contributed by atoms with van der Waals surface area (Å²) in [6.07, 6.45) is 10.6. The zero-order chi connectivity index (χ0) is 32.3. The summed E-state index contributed by atoms with van der Waals surface area (Å²) < 4.78 is 35.3. The number of hydrogen-bond donors (Lipinski definition) is 0. The summed E-state index contributed by atoms with van der Waals surface area (Å²) in [5.41, 5.74) is 0.567. The van der Waals surface area contributed by atoms with E-state index in [1.165, 1.54) is 38.5 Å². The monoisotopic (exact) mass is 664 g/mol. The van der Waals surface area contributed by atoms with Crippen molar-refractivity contribution in [3.63, 3.8) is 0 Å². The normalized spacial score (nSPS) is 51.1. The van der Waals surface area contributed by atoms with Crippen molar-refractivity contribution in [2.45, 2.75) is 168 Å². The molecule has 6 aliphatic rings. The van der Waals surface area contributed by atoms with Crippen molar-refractivity contribution in [3.8, 4) is 0 Å². The van der Waals surface area contributed by atoms with E-state index in [-0.39, 0.29) is 29.5 Å². The van der Waals surface area contributed by atoms with Crippen molar-refractivity contribution >= 4 is 25.0 Å². The van der Waals surface area contributed by atoms with Crippen LogP contribution in [0.15, 0.2) is 0 Å². The molecule has 0 N–H and O–H groups in total. The van der Waals surface area contributed by atoms with Crippen LogP contribution in [0.2, 0.25) is 58.9 Å². The predicted octanol–water partition coefficient (Wildman–Crippen LogP) is 9.31. The smallest absolute Gasteiger partial charge is 0.184 e. The average molecular weight is 665 g/mol. The third kappa shape index (κ3) is 5.98. The summed E-state index contributed by atoms with van der Waals surface area (Å²) in [6, 6.07) is 0. The second-order valence-electron chi connectivity index (χ2n) is 19.9. The highest BCUT2D eigenvalue weighted by atomic mass is 28.4. The van der Waals surface area contributed by atoms with E-state index in [1.54, 1.807) is 0 Å². The van der Waals surface area contributed by atoms with Gasteiger partial charge in [-0.2, -0.15) is 0 Å². The van der Waals surface area contributed by atoms with Crippen LogP contribution in [0, 0.1) is 52.3 Å². The molecule has 0 amide bonds. The van der Waals surface area contributed by atoms with Crippen LogP contribution in [0.5, 0.6) is 0 Å². The molecule has 6 rings (SSSR count). The highest BCUT2D eigenvalue weighted by molar-refractivity contribution is 6.70. The van der Waals surface area contributed by atoms with E-state index in [9.17, 15) is 0 Å². The Kier molecular flexibility index (Phi) is 8.77. The van der Waals surface area contributed by atoms with Gasteiger partial charge in [0.15, 0.2) is 30.7 Å². The van der Waals surface area contributed by atoms with Crippen molar-refractivity contribution in [3.05, 3.63) is 0 Å². The Bertz CT molecular complexity index is 1060. The molecule has 0 unspecified atom stereocenters. The third-order valence-electron chi connectivity index (χ3n) is 13.4. The maximum absolute atomic E-state index is 7.29. The zero-order valence-electron chi connectivity index (χ0n) is 30.8. The molecular weight excluding hydrogens is 597 g/mol. The van der Waals surface area contributed by atoms with Gasteiger partial charge in [-0.1, -0.05) is 27.7 Å². The lowest BCUT2D eigenvalue weighted by Gasteiger charge is -2.64. The minimum absolute atomic E-state index is 0.0538. The second kappa shape index (κ2) is 11.2. The predicted molar refractivity (Wildman–Crippen MR) is 187 cm³/mol. The topological polar surface area (TPSA) is 46.2 Å². The second-order valence-corrected chi connectivity index (χ2v) is 33.3. The van der Waals surface area contributed by atoms with E-state index in [2.05, 4.69) is 86.6 Å². The zero-order valence-corrected chi connectivity index (χ0v) is 33.8. The summed E-state index contributed by atoms with van der Waals surface area (Å²) in [7, 11) is -5.44. The summed E-state index contributed by atoms with van der Waals surface area (Å²) in [4.78, 5) is 0. The molecule has 2 aliphatic heterocycles. The highest BCUT2D eigenvalue weighted by Crippen LogP contribution is 2.71. The minimum atomic E-state index is -1.82. The first-order valence-electron chi connectivity index (χ1n) is 18.5. The Morgan fingerprint density at radius 3 is 1.89 bits per heavy atom. The molecule has 5 nitrogen and oxygen atoms in total. The van der Waals surface area contributed by atoms with Gasteiger partial charge in [0.2, 0.25) is 0 Å². The van der Waals surface area contributed by atoms with Gasteiger partial charge >= 0.3 is 0 Å². The Hall–Kier alpha value is 0.451. The van der Waals surface area contributed by atoms with Crippen LogP contribution in [0.3, 0.4) is 0 Å². The van der Waals surface area contributed by atoms with Crippen LogP contribution in [0.4, 0.5) is 0 Å². The Morgan fingerprint density at radius 2 is 1.30 bits per heavy atom. The Labute approximate surface area is 274 Å². The van der Waals surface area contributed by atoms with Crippen LogP contribution in [-0.4, -0.2) is 61.8 Å². The van der Waals surface area contributed by atoms with Crippen LogP contribution in [0.1, 0.15) is 79.1 Å². The highest BCUT2D eigenvalue weighted by Gasteiger charge is 2.70. The summed E-state index contributed by atoms with van der Waals surface area (Å²) >= 11 is 0. The van der Waals surface area contributed by atoms with Crippen LogP contribution >= 0.6 is 0 Å². The van der Waals surface area contributed by atoms with Gasteiger partial charge < -0.3 is 22.8 Å². The molecule has 4 aliphatic carbocycles. The Balaban J connectivity index is 1.30. The van der Waals surface area contributed by atoms with E-state index in [0.29, 0.717) is 35.2 Å².